The minimum Gasteiger partial charge on any atom is -0.480 e. The van der Waals surface area contributed by atoms with Crippen LogP contribution in [-0.4, -0.2) is 22.8 Å². The zero-order valence-electron chi connectivity index (χ0n) is 9.68. The van der Waals surface area contributed by atoms with Crippen molar-refractivity contribution in [2.45, 2.75) is 25.2 Å². The monoisotopic (exact) mass is 299 g/mol. The van der Waals surface area contributed by atoms with E-state index in [0.29, 0.717) is 6.92 Å². The fourth-order valence-electron chi connectivity index (χ4n) is 1.23. The summed E-state index contributed by atoms with van der Waals surface area (Å²) in [5.41, 5.74) is -2.94. The largest absolute Gasteiger partial charge is 0.480 e. The maximum absolute atomic E-state index is 12.8. The molecule has 0 fully saturated rings. The van der Waals surface area contributed by atoms with Crippen LogP contribution in [0.1, 0.15) is 12.5 Å². The lowest BCUT2D eigenvalue weighted by Gasteiger charge is -2.28. The standard InChI is InChI=1S/C11H10ClF4NO2/c1-10(9(18)19,11(14,15)16)17-5-6-2-3-7(13)4-8(6)12/h2-4,17H,5H2,1H3,(H,18,19). The Hall–Kier alpha value is -1.34. The molecular weight excluding hydrogens is 290 g/mol. The number of aliphatic carboxylic acids is 1. The summed E-state index contributed by atoms with van der Waals surface area (Å²) in [5.74, 6) is -2.69. The second kappa shape index (κ2) is 5.34. The Morgan fingerprint density at radius 2 is 2.00 bits per heavy atom. The molecule has 0 spiro atoms. The fraction of sp³-hybridized carbons (Fsp3) is 0.364. The van der Waals surface area contributed by atoms with Crippen LogP contribution in [0.3, 0.4) is 0 Å². The van der Waals surface area contributed by atoms with E-state index in [2.05, 4.69) is 0 Å². The summed E-state index contributed by atoms with van der Waals surface area (Å²) in [4.78, 5) is 10.8. The number of carbonyl (C=O) groups is 1. The zero-order chi connectivity index (χ0) is 14.8. The second-order valence-corrected chi connectivity index (χ2v) is 4.42. The van der Waals surface area contributed by atoms with Gasteiger partial charge >= 0.3 is 12.1 Å². The molecule has 8 heteroatoms. The Bertz CT molecular complexity index is 492. The van der Waals surface area contributed by atoms with E-state index in [1.165, 1.54) is 6.07 Å². The van der Waals surface area contributed by atoms with Gasteiger partial charge in [0.05, 0.1) is 0 Å². The second-order valence-electron chi connectivity index (χ2n) is 4.02. The molecule has 0 aliphatic carbocycles. The number of carboxylic acids is 1. The van der Waals surface area contributed by atoms with Gasteiger partial charge in [-0.05, 0) is 24.6 Å². The van der Waals surface area contributed by atoms with Gasteiger partial charge in [0.15, 0.2) is 0 Å². The molecule has 0 saturated heterocycles. The smallest absolute Gasteiger partial charge is 0.417 e. The first-order valence-corrected chi connectivity index (χ1v) is 5.45. The molecule has 106 valence electrons. The number of nitrogens with one attached hydrogen (secondary N) is 1. The van der Waals surface area contributed by atoms with Crippen molar-refractivity contribution in [2.24, 2.45) is 0 Å². The predicted octanol–water partition coefficient (Wildman–Crippen LogP) is 2.97. The summed E-state index contributed by atoms with van der Waals surface area (Å²) >= 11 is 5.64. The maximum Gasteiger partial charge on any atom is 0.417 e. The van der Waals surface area contributed by atoms with Crippen molar-refractivity contribution in [2.75, 3.05) is 0 Å². The van der Waals surface area contributed by atoms with Crippen LogP contribution in [0, 0.1) is 5.82 Å². The van der Waals surface area contributed by atoms with Gasteiger partial charge in [-0.3, -0.25) is 5.32 Å². The normalized spacial score (nSPS) is 15.1. The topological polar surface area (TPSA) is 49.3 Å². The van der Waals surface area contributed by atoms with Crippen molar-refractivity contribution in [1.82, 2.24) is 5.32 Å². The van der Waals surface area contributed by atoms with Gasteiger partial charge in [-0.1, -0.05) is 17.7 Å². The molecule has 1 aromatic carbocycles. The molecule has 19 heavy (non-hydrogen) atoms. The van der Waals surface area contributed by atoms with E-state index in [4.69, 9.17) is 16.7 Å². The van der Waals surface area contributed by atoms with E-state index < -0.39 is 30.0 Å². The molecule has 0 heterocycles. The van der Waals surface area contributed by atoms with Crippen LogP contribution in [0.2, 0.25) is 5.02 Å². The fourth-order valence-corrected chi connectivity index (χ4v) is 1.47. The van der Waals surface area contributed by atoms with Crippen LogP contribution >= 0.6 is 11.6 Å². The van der Waals surface area contributed by atoms with E-state index in [1.807, 2.05) is 5.32 Å². The van der Waals surface area contributed by atoms with Crippen LogP contribution in [0.5, 0.6) is 0 Å². The van der Waals surface area contributed by atoms with Crippen molar-refractivity contribution in [1.29, 1.82) is 0 Å². The number of hydrogen-bond acceptors (Lipinski definition) is 2. The van der Waals surface area contributed by atoms with Crippen molar-refractivity contribution >= 4 is 17.6 Å². The Morgan fingerprint density at radius 1 is 1.42 bits per heavy atom. The van der Waals surface area contributed by atoms with Gasteiger partial charge in [0.2, 0.25) is 5.54 Å². The third kappa shape index (κ3) is 3.36. The number of alkyl halides is 3. The first kappa shape index (κ1) is 15.7. The first-order valence-electron chi connectivity index (χ1n) is 5.07. The van der Waals surface area contributed by atoms with Gasteiger partial charge in [-0.15, -0.1) is 0 Å². The number of carboxylic acid groups (broad SMARTS) is 1. The highest BCUT2D eigenvalue weighted by molar-refractivity contribution is 6.31. The molecule has 1 aromatic rings. The lowest BCUT2D eigenvalue weighted by Crippen LogP contribution is -2.59. The molecule has 0 aliphatic heterocycles. The van der Waals surface area contributed by atoms with Crippen molar-refractivity contribution < 1.29 is 27.5 Å². The number of benzene rings is 1. The summed E-state index contributed by atoms with van der Waals surface area (Å²) in [5, 5.41) is 10.5. The first-order chi connectivity index (χ1) is 8.58. The maximum atomic E-state index is 12.8. The summed E-state index contributed by atoms with van der Waals surface area (Å²) in [6, 6.07) is 3.14. The summed E-state index contributed by atoms with van der Waals surface area (Å²) in [6.45, 7) is 0.0498. The van der Waals surface area contributed by atoms with Gasteiger partial charge in [-0.2, -0.15) is 13.2 Å². The van der Waals surface area contributed by atoms with Crippen molar-refractivity contribution in [3.05, 3.63) is 34.6 Å². The van der Waals surface area contributed by atoms with Gasteiger partial charge in [-0.25, -0.2) is 9.18 Å². The molecule has 0 saturated carbocycles. The minimum atomic E-state index is -4.98. The highest BCUT2D eigenvalue weighted by Gasteiger charge is 2.57. The lowest BCUT2D eigenvalue weighted by atomic mass is 10.0. The van der Waals surface area contributed by atoms with E-state index >= 15 is 0 Å². The van der Waals surface area contributed by atoms with Crippen molar-refractivity contribution in [3.63, 3.8) is 0 Å². The summed E-state index contributed by atoms with van der Waals surface area (Å²) < 4.78 is 50.8. The predicted molar refractivity (Wildman–Crippen MR) is 60.3 cm³/mol. The average molecular weight is 300 g/mol. The van der Waals surface area contributed by atoms with Crippen LogP contribution < -0.4 is 5.32 Å². The van der Waals surface area contributed by atoms with E-state index in [-0.39, 0.29) is 10.6 Å². The van der Waals surface area contributed by atoms with Gasteiger partial charge in [0, 0.05) is 11.6 Å². The molecule has 0 bridgehead atoms. The molecule has 0 aliphatic rings. The summed E-state index contributed by atoms with van der Waals surface area (Å²) in [6.07, 6.45) is -4.98. The van der Waals surface area contributed by atoms with Gasteiger partial charge in [0.25, 0.3) is 0 Å². The molecule has 3 nitrogen and oxygen atoms in total. The Kier molecular flexibility index (Phi) is 4.42. The van der Waals surface area contributed by atoms with Crippen LogP contribution in [0.25, 0.3) is 0 Å². The van der Waals surface area contributed by atoms with Crippen LogP contribution in [0.15, 0.2) is 18.2 Å². The molecule has 1 rings (SSSR count). The Labute approximate surface area is 111 Å². The molecule has 0 amide bonds. The molecule has 0 aromatic heterocycles. The number of rotatable bonds is 4. The number of halogens is 5. The molecular formula is C11H10ClF4NO2. The molecule has 2 N–H and O–H groups in total. The van der Waals surface area contributed by atoms with Crippen molar-refractivity contribution in [3.8, 4) is 0 Å². The highest BCUT2D eigenvalue weighted by atomic mass is 35.5. The average Bonchev–Trinajstić information content (AvgIpc) is 2.25. The minimum absolute atomic E-state index is 0.0811. The van der Waals surface area contributed by atoms with E-state index in [1.54, 1.807) is 0 Å². The Morgan fingerprint density at radius 3 is 2.42 bits per heavy atom. The van der Waals surface area contributed by atoms with E-state index in [9.17, 15) is 22.4 Å². The lowest BCUT2D eigenvalue weighted by molar-refractivity contribution is -0.206. The SMILES string of the molecule is CC(NCc1ccc(F)cc1Cl)(C(=O)O)C(F)(F)F. The zero-order valence-corrected chi connectivity index (χ0v) is 10.4. The highest BCUT2D eigenvalue weighted by Crippen LogP contribution is 2.31. The third-order valence-corrected chi connectivity index (χ3v) is 2.99. The molecule has 0 radical (unpaired) electrons. The van der Waals surface area contributed by atoms with E-state index in [0.717, 1.165) is 12.1 Å². The van der Waals surface area contributed by atoms with Gasteiger partial charge < -0.3 is 5.11 Å². The van der Waals surface area contributed by atoms with Crippen LogP contribution in [-0.2, 0) is 11.3 Å². The Balaban J connectivity index is 2.92. The summed E-state index contributed by atoms with van der Waals surface area (Å²) in [7, 11) is 0. The molecule has 1 atom stereocenters. The van der Waals surface area contributed by atoms with Crippen LogP contribution in [0.4, 0.5) is 17.6 Å². The molecule has 1 unspecified atom stereocenters. The van der Waals surface area contributed by atoms with Gasteiger partial charge in [0.1, 0.15) is 5.82 Å². The third-order valence-electron chi connectivity index (χ3n) is 2.64. The quantitative estimate of drug-likeness (QED) is 0.840. The number of hydrogen-bond donors (Lipinski definition) is 2.